The molecule has 0 spiro atoms. The second-order valence-corrected chi connectivity index (χ2v) is 10.2. The summed E-state index contributed by atoms with van der Waals surface area (Å²) in [7, 11) is 0. The number of fused-ring (bicyclic) bond motifs is 1. The Kier molecular flexibility index (Phi) is 5.05. The van der Waals surface area contributed by atoms with E-state index >= 15 is 0 Å². The Morgan fingerprint density at radius 1 is 0.700 bits per heavy atom. The van der Waals surface area contributed by atoms with E-state index in [9.17, 15) is 0 Å². The van der Waals surface area contributed by atoms with Gasteiger partial charge in [-0.25, -0.2) is 4.98 Å². The summed E-state index contributed by atoms with van der Waals surface area (Å²) in [5.41, 5.74) is 6.73. The molecule has 0 N–H and O–H groups in total. The molecule has 0 saturated carbocycles. The molecular formula is C28H31NO. The van der Waals surface area contributed by atoms with Crippen molar-refractivity contribution in [3.8, 4) is 0 Å². The van der Waals surface area contributed by atoms with Gasteiger partial charge in [0.25, 0.3) is 0 Å². The maximum Gasteiger partial charge on any atom is 0.207 e. The quantitative estimate of drug-likeness (QED) is 0.356. The van der Waals surface area contributed by atoms with Gasteiger partial charge in [0.1, 0.15) is 5.52 Å². The van der Waals surface area contributed by atoms with E-state index in [1.807, 2.05) is 12.1 Å². The highest BCUT2D eigenvalue weighted by Gasteiger charge is 2.28. The van der Waals surface area contributed by atoms with Gasteiger partial charge in [-0.05, 0) is 33.6 Å². The minimum absolute atomic E-state index is 0.0364. The van der Waals surface area contributed by atoms with E-state index in [1.54, 1.807) is 0 Å². The molecule has 154 valence electrons. The van der Waals surface area contributed by atoms with Crippen LogP contribution in [0.25, 0.3) is 11.1 Å². The normalized spacial score (nSPS) is 12.6. The third-order valence-corrected chi connectivity index (χ3v) is 5.69. The van der Waals surface area contributed by atoms with Crippen molar-refractivity contribution >= 4 is 11.1 Å². The fourth-order valence-electron chi connectivity index (χ4n) is 3.93. The number of rotatable bonds is 3. The molecule has 0 aliphatic carbocycles. The first kappa shape index (κ1) is 20.4. The molecule has 4 rings (SSSR count). The molecule has 0 unspecified atom stereocenters. The van der Waals surface area contributed by atoms with Crippen molar-refractivity contribution in [1.82, 2.24) is 4.98 Å². The van der Waals surface area contributed by atoms with Gasteiger partial charge in [-0.1, -0.05) is 108 Å². The number of oxazole rings is 1. The van der Waals surface area contributed by atoms with Gasteiger partial charge < -0.3 is 4.42 Å². The van der Waals surface area contributed by atoms with Crippen molar-refractivity contribution in [3.05, 3.63) is 101 Å². The van der Waals surface area contributed by atoms with Crippen molar-refractivity contribution in [1.29, 1.82) is 0 Å². The summed E-state index contributed by atoms with van der Waals surface area (Å²) in [5.74, 6) is 0.713. The fraction of sp³-hybridized carbons (Fsp3) is 0.321. The van der Waals surface area contributed by atoms with Crippen LogP contribution in [-0.2, 0) is 10.8 Å². The summed E-state index contributed by atoms with van der Waals surface area (Å²) < 4.78 is 6.55. The number of nitrogens with zero attached hydrogens (tertiary/aromatic N) is 1. The van der Waals surface area contributed by atoms with Gasteiger partial charge >= 0.3 is 0 Å². The van der Waals surface area contributed by atoms with E-state index in [2.05, 4.69) is 102 Å². The minimum Gasteiger partial charge on any atom is -0.439 e. The molecule has 0 aliphatic heterocycles. The van der Waals surface area contributed by atoms with Crippen LogP contribution in [0.5, 0.6) is 0 Å². The summed E-state index contributed by atoms with van der Waals surface area (Å²) in [4.78, 5) is 5.05. The monoisotopic (exact) mass is 397 g/mol. The summed E-state index contributed by atoms with van der Waals surface area (Å²) in [6.45, 7) is 13.5. The molecule has 0 aliphatic rings. The van der Waals surface area contributed by atoms with Crippen molar-refractivity contribution in [3.63, 3.8) is 0 Å². The van der Waals surface area contributed by atoms with Crippen LogP contribution < -0.4 is 0 Å². The second kappa shape index (κ2) is 7.43. The van der Waals surface area contributed by atoms with Gasteiger partial charge in [-0.3, -0.25) is 0 Å². The van der Waals surface area contributed by atoms with Gasteiger partial charge in [-0.15, -0.1) is 0 Å². The van der Waals surface area contributed by atoms with E-state index in [0.717, 1.165) is 17.0 Å². The summed E-state index contributed by atoms with van der Waals surface area (Å²) in [5, 5.41) is 0. The Morgan fingerprint density at radius 2 is 1.23 bits per heavy atom. The topological polar surface area (TPSA) is 26.0 Å². The van der Waals surface area contributed by atoms with Gasteiger partial charge in [-0.2, -0.15) is 0 Å². The zero-order chi connectivity index (χ0) is 21.5. The van der Waals surface area contributed by atoms with Crippen LogP contribution >= 0.6 is 0 Å². The van der Waals surface area contributed by atoms with Crippen molar-refractivity contribution in [2.24, 2.45) is 0 Å². The number of hydrogen-bond donors (Lipinski definition) is 0. The molecule has 0 bridgehead atoms. The average Bonchev–Trinajstić information content (AvgIpc) is 3.11. The third-order valence-electron chi connectivity index (χ3n) is 5.69. The van der Waals surface area contributed by atoms with Gasteiger partial charge in [0.05, 0.1) is 5.92 Å². The first-order valence-electron chi connectivity index (χ1n) is 10.7. The Labute approximate surface area is 180 Å². The highest BCUT2D eigenvalue weighted by Crippen LogP contribution is 2.39. The zero-order valence-electron chi connectivity index (χ0n) is 18.9. The van der Waals surface area contributed by atoms with Crippen LogP contribution in [0.3, 0.4) is 0 Å². The predicted octanol–water partition coefficient (Wildman–Crippen LogP) is 7.60. The average molecular weight is 398 g/mol. The fourth-order valence-corrected chi connectivity index (χ4v) is 3.93. The standard InChI is InChI=1S/C28H31NO/c1-27(2,3)21-17-22(28(4,5)6)25-23(18-21)29-26(30-25)24(19-13-9-7-10-14-19)20-15-11-8-12-16-20/h7-18,24H,1-6H3. The van der Waals surface area contributed by atoms with Crippen LogP contribution in [-0.4, -0.2) is 4.98 Å². The van der Waals surface area contributed by atoms with E-state index in [0.29, 0.717) is 0 Å². The Balaban J connectivity index is 1.97. The zero-order valence-corrected chi connectivity index (χ0v) is 18.9. The molecule has 2 heteroatoms. The van der Waals surface area contributed by atoms with Crippen LogP contribution in [0, 0.1) is 0 Å². The lowest BCUT2D eigenvalue weighted by Crippen LogP contribution is -2.16. The minimum atomic E-state index is -0.0364. The summed E-state index contributed by atoms with van der Waals surface area (Å²) >= 11 is 0. The van der Waals surface area contributed by atoms with Crippen LogP contribution in [0.4, 0.5) is 0 Å². The lowest BCUT2D eigenvalue weighted by molar-refractivity contribution is 0.504. The molecule has 0 amide bonds. The van der Waals surface area contributed by atoms with Crippen molar-refractivity contribution in [2.75, 3.05) is 0 Å². The Morgan fingerprint density at radius 3 is 1.70 bits per heavy atom. The molecular weight excluding hydrogens is 366 g/mol. The third kappa shape index (κ3) is 3.92. The number of hydrogen-bond acceptors (Lipinski definition) is 2. The Hall–Kier alpha value is -2.87. The van der Waals surface area contributed by atoms with Crippen molar-refractivity contribution in [2.45, 2.75) is 58.3 Å². The molecule has 0 fully saturated rings. The maximum atomic E-state index is 6.55. The second-order valence-electron chi connectivity index (χ2n) is 10.2. The highest BCUT2D eigenvalue weighted by atomic mass is 16.3. The lowest BCUT2D eigenvalue weighted by atomic mass is 9.80. The Bertz CT molecular complexity index is 1100. The van der Waals surface area contributed by atoms with E-state index < -0.39 is 0 Å². The van der Waals surface area contributed by atoms with Crippen LogP contribution in [0.2, 0.25) is 0 Å². The van der Waals surface area contributed by atoms with Gasteiger partial charge in [0.15, 0.2) is 5.58 Å². The molecule has 3 aromatic carbocycles. The summed E-state index contributed by atoms with van der Waals surface area (Å²) in [6, 6.07) is 25.5. The largest absolute Gasteiger partial charge is 0.439 e. The smallest absolute Gasteiger partial charge is 0.207 e. The molecule has 0 saturated heterocycles. The molecule has 30 heavy (non-hydrogen) atoms. The lowest BCUT2D eigenvalue weighted by Gasteiger charge is -2.24. The summed E-state index contributed by atoms with van der Waals surface area (Å²) in [6.07, 6.45) is 0. The van der Waals surface area contributed by atoms with Gasteiger partial charge in [0.2, 0.25) is 5.89 Å². The SMILES string of the molecule is CC(C)(C)c1cc(C(C)(C)C)c2oc(C(c3ccccc3)c3ccccc3)nc2c1. The van der Waals surface area contributed by atoms with E-state index in [1.165, 1.54) is 22.3 Å². The molecule has 2 nitrogen and oxygen atoms in total. The van der Waals surface area contributed by atoms with Gasteiger partial charge in [0, 0.05) is 5.56 Å². The van der Waals surface area contributed by atoms with Crippen LogP contribution in [0.15, 0.2) is 77.2 Å². The first-order valence-corrected chi connectivity index (χ1v) is 10.7. The van der Waals surface area contributed by atoms with Crippen LogP contribution in [0.1, 0.15) is 75.6 Å². The predicted molar refractivity (Wildman–Crippen MR) is 125 cm³/mol. The van der Waals surface area contributed by atoms with Crippen molar-refractivity contribution < 1.29 is 4.42 Å². The highest BCUT2D eigenvalue weighted by molar-refractivity contribution is 5.79. The number of aromatic nitrogens is 1. The first-order chi connectivity index (χ1) is 14.1. The van der Waals surface area contributed by atoms with E-state index in [4.69, 9.17) is 9.40 Å². The molecule has 1 aromatic heterocycles. The maximum absolute atomic E-state index is 6.55. The number of benzene rings is 3. The molecule has 0 atom stereocenters. The molecule has 4 aromatic rings. The molecule has 1 heterocycles. The molecule has 0 radical (unpaired) electrons. The van der Waals surface area contributed by atoms with E-state index in [-0.39, 0.29) is 16.7 Å².